The van der Waals surface area contributed by atoms with Crippen molar-refractivity contribution in [2.45, 2.75) is 73.3 Å². The van der Waals surface area contributed by atoms with Gasteiger partial charge in [0.1, 0.15) is 0 Å². The molecule has 0 aromatic carbocycles. The second kappa shape index (κ2) is 10.00. The molecule has 0 saturated heterocycles. The Labute approximate surface area is 120 Å². The topological polar surface area (TPSA) is 12.4 Å². The fraction of sp³-hybridized carbons (Fsp3) is 0.722. The molecule has 0 saturated carbocycles. The average Bonchev–Trinajstić information content (AvgIpc) is 2.39. The molecule has 0 spiro atoms. The van der Waals surface area contributed by atoms with E-state index in [1.807, 2.05) is 0 Å². The number of aliphatic imine (C=N–C) groups is 1. The van der Waals surface area contributed by atoms with Gasteiger partial charge in [-0.2, -0.15) is 0 Å². The SMILES string of the molecule is C=NC(CC)CC(C)=CCC(C)C=C(CC)C(C)C. The largest absolute Gasteiger partial charge is 0.297 e. The van der Waals surface area contributed by atoms with Crippen LogP contribution in [-0.2, 0) is 0 Å². The fourth-order valence-corrected chi connectivity index (χ4v) is 2.33. The van der Waals surface area contributed by atoms with Crippen molar-refractivity contribution in [2.75, 3.05) is 0 Å². The number of nitrogens with zero attached hydrogens (tertiary/aromatic N) is 1. The minimum absolute atomic E-state index is 0.393. The Bertz CT molecular complexity index is 310. The van der Waals surface area contributed by atoms with E-state index >= 15 is 0 Å². The van der Waals surface area contributed by atoms with Gasteiger partial charge in [-0.25, -0.2) is 0 Å². The maximum atomic E-state index is 4.16. The van der Waals surface area contributed by atoms with Crippen molar-refractivity contribution in [1.82, 2.24) is 0 Å². The summed E-state index contributed by atoms with van der Waals surface area (Å²) in [6.45, 7) is 17.2. The quantitative estimate of drug-likeness (QED) is 0.367. The Morgan fingerprint density at radius 1 is 1.21 bits per heavy atom. The van der Waals surface area contributed by atoms with Crippen LogP contribution >= 0.6 is 0 Å². The molecule has 1 heteroatoms. The molecule has 19 heavy (non-hydrogen) atoms. The third kappa shape index (κ3) is 8.02. The highest BCUT2D eigenvalue weighted by Gasteiger charge is 2.05. The van der Waals surface area contributed by atoms with Gasteiger partial charge in [0.25, 0.3) is 0 Å². The van der Waals surface area contributed by atoms with Gasteiger partial charge in [0, 0.05) is 0 Å². The van der Waals surface area contributed by atoms with E-state index in [2.05, 4.69) is 65.4 Å². The van der Waals surface area contributed by atoms with E-state index in [0.29, 0.717) is 17.9 Å². The normalized spacial score (nSPS) is 16.6. The van der Waals surface area contributed by atoms with Crippen molar-refractivity contribution in [3.05, 3.63) is 23.3 Å². The highest BCUT2D eigenvalue weighted by molar-refractivity contribution is 5.24. The maximum Gasteiger partial charge on any atom is 0.0526 e. The van der Waals surface area contributed by atoms with Crippen LogP contribution in [0.4, 0.5) is 0 Å². The van der Waals surface area contributed by atoms with Crippen molar-refractivity contribution in [1.29, 1.82) is 0 Å². The highest BCUT2D eigenvalue weighted by Crippen LogP contribution is 2.19. The van der Waals surface area contributed by atoms with E-state index < -0.39 is 0 Å². The fourth-order valence-electron chi connectivity index (χ4n) is 2.33. The number of hydrogen-bond acceptors (Lipinski definition) is 1. The van der Waals surface area contributed by atoms with E-state index in [1.54, 1.807) is 5.57 Å². The van der Waals surface area contributed by atoms with E-state index in [9.17, 15) is 0 Å². The summed E-state index contributed by atoms with van der Waals surface area (Å²) >= 11 is 0. The molecule has 0 radical (unpaired) electrons. The Hall–Kier alpha value is -0.850. The van der Waals surface area contributed by atoms with Gasteiger partial charge >= 0.3 is 0 Å². The Kier molecular flexibility index (Phi) is 9.55. The molecule has 0 bridgehead atoms. The molecule has 0 fully saturated rings. The van der Waals surface area contributed by atoms with Gasteiger partial charge in [-0.3, -0.25) is 4.99 Å². The van der Waals surface area contributed by atoms with Crippen LogP contribution in [0.2, 0.25) is 0 Å². The third-order valence-corrected chi connectivity index (χ3v) is 3.77. The summed E-state index contributed by atoms with van der Waals surface area (Å²) in [5, 5.41) is 0. The van der Waals surface area contributed by atoms with Crippen LogP contribution in [0.1, 0.15) is 67.2 Å². The Morgan fingerprint density at radius 3 is 2.26 bits per heavy atom. The lowest BCUT2D eigenvalue weighted by Gasteiger charge is -2.13. The molecule has 110 valence electrons. The molecule has 0 heterocycles. The number of hydrogen-bond donors (Lipinski definition) is 0. The van der Waals surface area contributed by atoms with Crippen LogP contribution in [0.15, 0.2) is 28.3 Å². The number of rotatable bonds is 9. The zero-order valence-electron chi connectivity index (χ0n) is 13.9. The van der Waals surface area contributed by atoms with Gasteiger partial charge in [0.05, 0.1) is 6.04 Å². The summed E-state index contributed by atoms with van der Waals surface area (Å²) in [4.78, 5) is 4.16. The molecule has 0 aliphatic heterocycles. The summed E-state index contributed by atoms with van der Waals surface area (Å²) < 4.78 is 0. The van der Waals surface area contributed by atoms with Crippen molar-refractivity contribution < 1.29 is 0 Å². The second-order valence-corrected chi connectivity index (χ2v) is 5.96. The van der Waals surface area contributed by atoms with E-state index in [0.717, 1.165) is 19.3 Å². The van der Waals surface area contributed by atoms with Crippen LogP contribution in [-0.4, -0.2) is 12.8 Å². The molecule has 2 atom stereocenters. The molecule has 0 aromatic rings. The highest BCUT2D eigenvalue weighted by atomic mass is 14.7. The molecule has 0 aromatic heterocycles. The van der Waals surface area contributed by atoms with Gasteiger partial charge in [-0.05, 0) is 51.2 Å². The lowest BCUT2D eigenvalue weighted by atomic mass is 9.94. The molecule has 1 nitrogen and oxygen atoms in total. The van der Waals surface area contributed by atoms with Crippen molar-refractivity contribution in [3.8, 4) is 0 Å². The van der Waals surface area contributed by atoms with Gasteiger partial charge in [-0.15, -0.1) is 0 Å². The lowest BCUT2D eigenvalue weighted by Crippen LogP contribution is -2.02. The number of allylic oxidation sites excluding steroid dienone is 3. The summed E-state index contributed by atoms with van der Waals surface area (Å²) in [6, 6.07) is 0.393. The van der Waals surface area contributed by atoms with E-state index in [1.165, 1.54) is 12.0 Å². The third-order valence-electron chi connectivity index (χ3n) is 3.77. The molecule has 0 N–H and O–H groups in total. The molecule has 0 aliphatic rings. The van der Waals surface area contributed by atoms with Crippen LogP contribution in [0, 0.1) is 11.8 Å². The molecular weight excluding hydrogens is 230 g/mol. The van der Waals surface area contributed by atoms with Gasteiger partial charge in [-0.1, -0.05) is 57.9 Å². The van der Waals surface area contributed by atoms with Crippen LogP contribution < -0.4 is 0 Å². The molecule has 0 rings (SSSR count). The Balaban J connectivity index is 4.41. The zero-order valence-corrected chi connectivity index (χ0v) is 13.9. The lowest BCUT2D eigenvalue weighted by molar-refractivity contribution is 0.640. The van der Waals surface area contributed by atoms with Crippen molar-refractivity contribution in [2.24, 2.45) is 16.8 Å². The summed E-state index contributed by atoms with van der Waals surface area (Å²) in [5.74, 6) is 1.30. The van der Waals surface area contributed by atoms with Gasteiger partial charge in [0.15, 0.2) is 0 Å². The first-order valence-electron chi connectivity index (χ1n) is 7.76. The predicted molar refractivity (Wildman–Crippen MR) is 89.0 cm³/mol. The Morgan fingerprint density at radius 2 is 1.84 bits per heavy atom. The monoisotopic (exact) mass is 263 g/mol. The van der Waals surface area contributed by atoms with Gasteiger partial charge in [0.2, 0.25) is 0 Å². The zero-order chi connectivity index (χ0) is 14.8. The molecule has 0 amide bonds. The second-order valence-electron chi connectivity index (χ2n) is 5.96. The minimum Gasteiger partial charge on any atom is -0.297 e. The van der Waals surface area contributed by atoms with Crippen LogP contribution in [0.5, 0.6) is 0 Å². The molecule has 0 aliphatic carbocycles. The molecular formula is C18H33N. The van der Waals surface area contributed by atoms with Gasteiger partial charge < -0.3 is 0 Å². The predicted octanol–water partition coefficient (Wildman–Crippen LogP) is 5.82. The van der Waals surface area contributed by atoms with Crippen molar-refractivity contribution in [3.63, 3.8) is 0 Å². The van der Waals surface area contributed by atoms with Crippen LogP contribution in [0.3, 0.4) is 0 Å². The first-order valence-corrected chi connectivity index (χ1v) is 7.76. The standard InChI is InChI=1S/C18H33N/c1-8-17(14(3)4)12-15(5)10-11-16(6)13-18(9-2)19-7/h11-12,14-15,18H,7-10,13H2,1-6H3. The first-order chi connectivity index (χ1) is 8.94. The van der Waals surface area contributed by atoms with Crippen LogP contribution in [0.25, 0.3) is 0 Å². The summed E-state index contributed by atoms with van der Waals surface area (Å²) in [7, 11) is 0. The average molecular weight is 263 g/mol. The molecule has 2 unspecified atom stereocenters. The smallest absolute Gasteiger partial charge is 0.0526 e. The first kappa shape index (κ1) is 18.1. The maximum absolute atomic E-state index is 4.16. The van der Waals surface area contributed by atoms with E-state index in [4.69, 9.17) is 0 Å². The van der Waals surface area contributed by atoms with Crippen molar-refractivity contribution >= 4 is 6.72 Å². The summed E-state index contributed by atoms with van der Waals surface area (Å²) in [5.41, 5.74) is 3.03. The van der Waals surface area contributed by atoms with E-state index in [-0.39, 0.29) is 0 Å². The summed E-state index contributed by atoms with van der Waals surface area (Å²) in [6.07, 6.45) is 9.28. The minimum atomic E-state index is 0.393.